The first kappa shape index (κ1) is 12.2. The largest absolute Gasteiger partial charge is 0.355 e. The van der Waals surface area contributed by atoms with Crippen LogP contribution in [0.4, 0.5) is 0 Å². The summed E-state index contributed by atoms with van der Waals surface area (Å²) in [4.78, 5) is 2.94. The molecule has 1 aliphatic heterocycles. The minimum absolute atomic E-state index is 0.175. The second-order valence-electron chi connectivity index (χ2n) is 2.93. The van der Waals surface area contributed by atoms with E-state index in [0.717, 1.165) is 28.7 Å². The van der Waals surface area contributed by atoms with E-state index in [0.29, 0.717) is 0 Å². The number of H-pyrrole nitrogens is 1. The predicted octanol–water partition coefficient (Wildman–Crippen LogP) is 1.00. The predicted molar refractivity (Wildman–Crippen MR) is 65.0 cm³/mol. The van der Waals surface area contributed by atoms with Crippen LogP contribution >= 0.6 is 31.9 Å². The summed E-state index contributed by atoms with van der Waals surface area (Å²) in [6.07, 6.45) is 2.04. The summed E-state index contributed by atoms with van der Waals surface area (Å²) in [6, 6.07) is 1.94. The number of aromatic amines is 1. The molecule has 1 aromatic heterocycles. The van der Waals surface area contributed by atoms with Gasteiger partial charge in [-0.25, -0.2) is 0 Å². The van der Waals surface area contributed by atoms with Crippen molar-refractivity contribution in [1.82, 2.24) is 15.6 Å². The van der Waals surface area contributed by atoms with Crippen LogP contribution in [-0.4, -0.2) is 30.8 Å². The molecule has 0 bridgehead atoms. The summed E-state index contributed by atoms with van der Waals surface area (Å²) in [6.45, 7) is 2.95. The van der Waals surface area contributed by atoms with E-state index in [9.17, 15) is 0 Å². The molecule has 14 heavy (non-hydrogen) atoms. The van der Waals surface area contributed by atoms with E-state index in [2.05, 4.69) is 47.5 Å². The van der Waals surface area contributed by atoms with Crippen LogP contribution in [0.25, 0.3) is 0 Å². The average Bonchev–Trinajstić information content (AvgIpc) is 2.52. The third-order valence-corrected chi connectivity index (χ3v) is 2.60. The molecule has 1 fully saturated rings. The molecule has 1 saturated heterocycles. The van der Waals surface area contributed by atoms with Crippen molar-refractivity contribution in [3.63, 3.8) is 0 Å². The van der Waals surface area contributed by atoms with E-state index >= 15 is 0 Å². The zero-order valence-electron chi connectivity index (χ0n) is 7.69. The van der Waals surface area contributed by atoms with Crippen LogP contribution < -0.4 is 16.4 Å². The maximum absolute atomic E-state index is 5.46. The maximum Gasteiger partial charge on any atom is 0.0831 e. The van der Waals surface area contributed by atoms with Gasteiger partial charge in [0.05, 0.1) is 10.8 Å². The first-order valence-electron chi connectivity index (χ1n) is 4.37. The molecule has 4 nitrogen and oxygen atoms in total. The van der Waals surface area contributed by atoms with Crippen LogP contribution in [0.2, 0.25) is 0 Å². The van der Waals surface area contributed by atoms with E-state index in [1.807, 2.05) is 12.3 Å². The second-order valence-corrected chi connectivity index (χ2v) is 4.70. The van der Waals surface area contributed by atoms with E-state index in [-0.39, 0.29) is 6.17 Å². The number of rotatable bonds is 0. The number of hydrogen-bond donors (Lipinski definition) is 4. The van der Waals surface area contributed by atoms with E-state index < -0.39 is 0 Å². The molecular formula is C8H14Br2N4. The number of piperazine rings is 1. The molecule has 0 spiro atoms. The molecule has 2 rings (SSSR count). The molecular weight excluding hydrogens is 312 g/mol. The van der Waals surface area contributed by atoms with E-state index in [1.54, 1.807) is 0 Å². The summed E-state index contributed by atoms with van der Waals surface area (Å²) < 4.78 is 2.07. The highest BCUT2D eigenvalue weighted by molar-refractivity contribution is 9.11. The Morgan fingerprint density at radius 2 is 2.14 bits per heavy atom. The van der Waals surface area contributed by atoms with Gasteiger partial charge < -0.3 is 16.0 Å². The van der Waals surface area contributed by atoms with Crippen LogP contribution in [0, 0.1) is 0 Å². The molecule has 0 amide bonds. The molecule has 0 aromatic carbocycles. The van der Waals surface area contributed by atoms with Crippen molar-refractivity contribution < 1.29 is 0 Å². The van der Waals surface area contributed by atoms with Gasteiger partial charge in [-0.2, -0.15) is 0 Å². The molecule has 1 unspecified atom stereocenters. The van der Waals surface area contributed by atoms with Gasteiger partial charge in [0.1, 0.15) is 0 Å². The van der Waals surface area contributed by atoms with Gasteiger partial charge in [-0.05, 0) is 37.9 Å². The maximum atomic E-state index is 5.46. The van der Waals surface area contributed by atoms with Crippen molar-refractivity contribution in [2.24, 2.45) is 5.73 Å². The Morgan fingerprint density at radius 1 is 1.36 bits per heavy atom. The summed E-state index contributed by atoms with van der Waals surface area (Å²) in [5.74, 6) is 0. The van der Waals surface area contributed by atoms with Crippen molar-refractivity contribution in [3.05, 3.63) is 21.3 Å². The van der Waals surface area contributed by atoms with Crippen molar-refractivity contribution >= 4 is 31.9 Å². The molecule has 1 atom stereocenters. The highest BCUT2D eigenvalue weighted by atomic mass is 79.9. The lowest BCUT2D eigenvalue weighted by atomic mass is 10.4. The fourth-order valence-corrected chi connectivity index (χ4v) is 2.03. The molecule has 0 radical (unpaired) electrons. The fourth-order valence-electron chi connectivity index (χ4n) is 1.02. The second kappa shape index (κ2) is 6.58. The lowest BCUT2D eigenvalue weighted by Crippen LogP contribution is -2.53. The summed E-state index contributed by atoms with van der Waals surface area (Å²) in [5, 5.41) is 6.24. The normalized spacial score (nSPS) is 21.2. The average molecular weight is 326 g/mol. The summed E-state index contributed by atoms with van der Waals surface area (Å²) in [7, 11) is 0. The van der Waals surface area contributed by atoms with Gasteiger partial charge >= 0.3 is 0 Å². The Labute approximate surface area is 100 Å². The highest BCUT2D eigenvalue weighted by Crippen LogP contribution is 2.14. The van der Waals surface area contributed by atoms with Crippen LogP contribution in [0.5, 0.6) is 0 Å². The van der Waals surface area contributed by atoms with Crippen molar-refractivity contribution in [2.75, 3.05) is 19.6 Å². The van der Waals surface area contributed by atoms with E-state index in [1.165, 1.54) is 0 Å². The topological polar surface area (TPSA) is 65.9 Å². The zero-order chi connectivity index (χ0) is 10.4. The molecule has 1 aromatic rings. The highest BCUT2D eigenvalue weighted by Gasteiger charge is 2.03. The number of aromatic nitrogens is 1. The molecule has 6 heteroatoms. The number of halogens is 2. The molecule has 5 N–H and O–H groups in total. The smallest absolute Gasteiger partial charge is 0.0831 e. The quantitative estimate of drug-likeness (QED) is 0.575. The van der Waals surface area contributed by atoms with Gasteiger partial charge in [0, 0.05) is 30.3 Å². The Bertz CT molecular complexity index is 241. The SMILES string of the molecule is Brc1c[nH]c(Br)c1.NC1CNCCN1. The summed E-state index contributed by atoms with van der Waals surface area (Å²) >= 11 is 6.52. The molecule has 0 aliphatic carbocycles. The zero-order valence-corrected chi connectivity index (χ0v) is 10.9. The third-order valence-electron chi connectivity index (χ3n) is 1.69. The van der Waals surface area contributed by atoms with Crippen LogP contribution in [-0.2, 0) is 0 Å². The standard InChI is InChI=1S/C4H3Br2N.C4H11N3/c5-3-1-4(6)7-2-3;5-4-3-6-1-2-7-4/h1-2,7H;4,6-7H,1-3,5H2. The van der Waals surface area contributed by atoms with Crippen molar-refractivity contribution in [2.45, 2.75) is 6.17 Å². The molecule has 1 aliphatic rings. The Kier molecular flexibility index (Phi) is 5.73. The summed E-state index contributed by atoms with van der Waals surface area (Å²) in [5.41, 5.74) is 5.46. The van der Waals surface area contributed by atoms with Crippen molar-refractivity contribution in [1.29, 1.82) is 0 Å². The van der Waals surface area contributed by atoms with Gasteiger partial charge in [-0.1, -0.05) is 0 Å². The lowest BCUT2D eigenvalue weighted by molar-refractivity contribution is 0.428. The number of nitrogens with one attached hydrogen (secondary N) is 3. The lowest BCUT2D eigenvalue weighted by Gasteiger charge is -2.19. The molecule has 0 saturated carbocycles. The van der Waals surface area contributed by atoms with Crippen LogP contribution in [0.3, 0.4) is 0 Å². The molecule has 80 valence electrons. The van der Waals surface area contributed by atoms with E-state index in [4.69, 9.17) is 5.73 Å². The van der Waals surface area contributed by atoms with Gasteiger partial charge in [0.2, 0.25) is 0 Å². The van der Waals surface area contributed by atoms with Crippen molar-refractivity contribution in [3.8, 4) is 0 Å². The van der Waals surface area contributed by atoms with Gasteiger partial charge in [0.15, 0.2) is 0 Å². The monoisotopic (exact) mass is 324 g/mol. The van der Waals surface area contributed by atoms with Crippen LogP contribution in [0.15, 0.2) is 21.3 Å². The number of nitrogens with two attached hydrogens (primary N) is 1. The molecule has 2 heterocycles. The first-order chi connectivity index (χ1) is 6.68. The van der Waals surface area contributed by atoms with Gasteiger partial charge in [-0.3, -0.25) is 5.32 Å². The fraction of sp³-hybridized carbons (Fsp3) is 0.500. The Morgan fingerprint density at radius 3 is 2.36 bits per heavy atom. The Hall–Kier alpha value is 0.120. The minimum Gasteiger partial charge on any atom is -0.355 e. The van der Waals surface area contributed by atoms with Gasteiger partial charge in [-0.15, -0.1) is 0 Å². The first-order valence-corrected chi connectivity index (χ1v) is 5.96. The Balaban J connectivity index is 0.000000140. The minimum atomic E-state index is 0.175. The third kappa shape index (κ3) is 5.11. The number of hydrogen-bond acceptors (Lipinski definition) is 3. The van der Waals surface area contributed by atoms with Gasteiger partial charge in [0.25, 0.3) is 0 Å². The van der Waals surface area contributed by atoms with Crippen LogP contribution in [0.1, 0.15) is 0 Å².